The lowest BCUT2D eigenvalue weighted by atomic mass is 10.1. The van der Waals surface area contributed by atoms with Crippen molar-refractivity contribution in [3.8, 4) is 17.2 Å². The Morgan fingerprint density at radius 2 is 1.91 bits per heavy atom. The lowest BCUT2D eigenvalue weighted by molar-refractivity contribution is -0.112. The van der Waals surface area contributed by atoms with Crippen LogP contribution in [0.2, 0.25) is 0 Å². The monoisotopic (exact) mass is 623 g/mol. The minimum Gasteiger partial charge on any atom is -0.478 e. The quantitative estimate of drug-likeness (QED) is 0.112. The van der Waals surface area contributed by atoms with Gasteiger partial charge in [-0.3, -0.25) is 24.7 Å². The lowest BCUT2D eigenvalue weighted by Crippen LogP contribution is -2.45. The third kappa shape index (κ3) is 6.83. The molecule has 9 nitrogen and oxygen atoms in total. The van der Waals surface area contributed by atoms with Crippen molar-refractivity contribution in [2.45, 2.75) is 25.4 Å². The van der Waals surface area contributed by atoms with Gasteiger partial charge in [-0.15, -0.1) is 0 Å². The number of para-hydroxylation sites is 1. The van der Waals surface area contributed by atoms with Gasteiger partial charge in [0.15, 0.2) is 11.6 Å². The van der Waals surface area contributed by atoms with Gasteiger partial charge in [0, 0.05) is 62.3 Å². The summed E-state index contributed by atoms with van der Waals surface area (Å²) in [4.78, 5) is 19.9. The summed E-state index contributed by atoms with van der Waals surface area (Å²) in [5.41, 5.74) is 2.98. The Balaban J connectivity index is 1.11. The minimum atomic E-state index is -0.622. The summed E-state index contributed by atoms with van der Waals surface area (Å²) < 4.78 is 33.2. The molecule has 1 amide bonds. The molecule has 1 aliphatic heterocycles. The maximum atomic E-state index is 15.3. The highest BCUT2D eigenvalue weighted by Crippen LogP contribution is 2.42. The van der Waals surface area contributed by atoms with Crippen LogP contribution in [0.4, 0.5) is 15.8 Å². The zero-order chi connectivity index (χ0) is 32.3. The average Bonchev–Trinajstić information content (AvgIpc) is 3.82. The molecule has 0 radical (unpaired) electrons. The predicted octanol–water partition coefficient (Wildman–Crippen LogP) is 6.75. The van der Waals surface area contributed by atoms with E-state index in [0.717, 1.165) is 43.6 Å². The Labute approximate surface area is 268 Å². The third-order valence-electron chi connectivity index (χ3n) is 8.54. The summed E-state index contributed by atoms with van der Waals surface area (Å²) in [5, 5.41) is 7.27. The Morgan fingerprint density at radius 1 is 1.11 bits per heavy atom. The van der Waals surface area contributed by atoms with Crippen molar-refractivity contribution in [3.05, 3.63) is 109 Å². The molecule has 3 aromatic carbocycles. The molecule has 1 aliphatic carbocycles. The fraction of sp³-hybridized carbons (Fsp3) is 0.278. The van der Waals surface area contributed by atoms with Gasteiger partial charge in [-0.25, -0.2) is 4.39 Å². The highest BCUT2D eigenvalue weighted by Gasteiger charge is 2.47. The SMILES string of the molecule is C=C/C(C(=O)Nc1ccc(Oc2ccnc3cc(OCN4CCOC5(CC5)C4)ccc23)c(F)c1)=C(/C)N(C)N(C)c1ccccc1. The number of halogens is 1. The number of morpholine rings is 1. The first-order valence-electron chi connectivity index (χ1n) is 15.3. The Kier molecular flexibility index (Phi) is 8.92. The van der Waals surface area contributed by atoms with Crippen molar-refractivity contribution in [1.82, 2.24) is 14.9 Å². The molecule has 1 spiro atoms. The number of hydrazine groups is 1. The molecule has 1 saturated carbocycles. The molecule has 1 N–H and O–H groups in total. The van der Waals surface area contributed by atoms with Crippen LogP contribution in [-0.2, 0) is 9.53 Å². The largest absolute Gasteiger partial charge is 0.478 e. The molecular formula is C36H38FN5O4. The van der Waals surface area contributed by atoms with Gasteiger partial charge in [-0.1, -0.05) is 30.9 Å². The first kappa shape index (κ1) is 31.1. The van der Waals surface area contributed by atoms with E-state index in [-0.39, 0.29) is 17.0 Å². The number of fused-ring (bicyclic) bond motifs is 1. The van der Waals surface area contributed by atoms with Crippen LogP contribution in [0.5, 0.6) is 17.2 Å². The van der Waals surface area contributed by atoms with Gasteiger partial charge in [0.1, 0.15) is 18.2 Å². The predicted molar refractivity (Wildman–Crippen MR) is 177 cm³/mol. The number of rotatable bonds is 11. The van der Waals surface area contributed by atoms with E-state index in [9.17, 15) is 4.79 Å². The summed E-state index contributed by atoms with van der Waals surface area (Å²) in [6.07, 6.45) is 5.33. The number of allylic oxidation sites excluding steroid dienone is 1. The summed E-state index contributed by atoms with van der Waals surface area (Å²) in [6, 6.07) is 21.4. The highest BCUT2D eigenvalue weighted by atomic mass is 19.1. The van der Waals surface area contributed by atoms with Gasteiger partial charge in [0.25, 0.3) is 5.91 Å². The number of hydrogen-bond donors (Lipinski definition) is 1. The van der Waals surface area contributed by atoms with Gasteiger partial charge in [0.2, 0.25) is 0 Å². The van der Waals surface area contributed by atoms with E-state index in [2.05, 4.69) is 21.8 Å². The normalized spacial score (nSPS) is 16.0. The zero-order valence-electron chi connectivity index (χ0n) is 26.3. The van der Waals surface area contributed by atoms with Crippen molar-refractivity contribution in [2.24, 2.45) is 0 Å². The first-order chi connectivity index (χ1) is 22.2. The highest BCUT2D eigenvalue weighted by molar-refractivity contribution is 6.06. The van der Waals surface area contributed by atoms with E-state index in [0.29, 0.717) is 35.0 Å². The van der Waals surface area contributed by atoms with Gasteiger partial charge in [-0.2, -0.15) is 0 Å². The van der Waals surface area contributed by atoms with Crippen molar-refractivity contribution in [2.75, 3.05) is 50.8 Å². The van der Waals surface area contributed by atoms with Gasteiger partial charge < -0.3 is 19.5 Å². The number of anilines is 2. The fourth-order valence-corrected chi connectivity index (χ4v) is 5.52. The number of carbonyl (C=O) groups is 1. The molecule has 6 rings (SSSR count). The van der Waals surface area contributed by atoms with Crippen molar-refractivity contribution in [3.63, 3.8) is 0 Å². The standard InChI is InChI=1S/C36H38FN5O4/c1-5-29(25(2)40(3)41(4)27-9-7-6-8-10-27)35(43)39-26-11-14-34(31(37)21-26)46-33-15-18-38-32-22-28(12-13-30(32)33)44-24-42-19-20-45-36(23-42)16-17-36/h5-15,18,21-22H,1,16-17,19-20,23-24H2,2-4H3,(H,39,43)/b29-25+. The van der Waals surface area contributed by atoms with Gasteiger partial charge in [-0.05, 0) is 62.2 Å². The van der Waals surface area contributed by atoms with E-state index >= 15 is 4.39 Å². The first-order valence-corrected chi connectivity index (χ1v) is 15.3. The van der Waals surface area contributed by atoms with Gasteiger partial charge in [0.05, 0.1) is 29.0 Å². The van der Waals surface area contributed by atoms with Crippen LogP contribution < -0.4 is 19.8 Å². The number of amides is 1. The number of aromatic nitrogens is 1. The number of nitrogens with one attached hydrogen (secondary N) is 1. The number of hydrogen-bond acceptors (Lipinski definition) is 8. The maximum absolute atomic E-state index is 15.3. The van der Waals surface area contributed by atoms with E-state index < -0.39 is 11.7 Å². The van der Waals surface area contributed by atoms with E-state index in [1.54, 1.807) is 18.3 Å². The number of nitrogens with zero attached hydrogens (tertiary/aromatic N) is 4. The second-order valence-corrected chi connectivity index (χ2v) is 11.6. The van der Waals surface area contributed by atoms with E-state index in [1.165, 1.54) is 18.2 Å². The lowest BCUT2D eigenvalue weighted by Gasteiger charge is -2.33. The number of pyridine rings is 1. The molecule has 0 bridgehead atoms. The minimum absolute atomic E-state index is 0.0204. The molecule has 1 aromatic heterocycles. The van der Waals surface area contributed by atoms with Crippen LogP contribution in [0, 0.1) is 5.82 Å². The molecule has 2 fully saturated rings. The summed E-state index contributed by atoms with van der Waals surface area (Å²) in [7, 11) is 3.76. The smallest absolute Gasteiger partial charge is 0.257 e. The topological polar surface area (TPSA) is 79.4 Å². The number of benzene rings is 3. The molecular weight excluding hydrogens is 585 g/mol. The zero-order valence-corrected chi connectivity index (χ0v) is 26.3. The molecule has 4 aromatic rings. The Bertz CT molecular complexity index is 1780. The molecule has 46 heavy (non-hydrogen) atoms. The second-order valence-electron chi connectivity index (χ2n) is 11.6. The van der Waals surface area contributed by atoms with E-state index in [1.807, 2.05) is 79.6 Å². The summed E-state index contributed by atoms with van der Waals surface area (Å²) in [6.45, 7) is 8.59. The third-order valence-corrected chi connectivity index (χ3v) is 8.54. The van der Waals surface area contributed by atoms with Crippen LogP contribution in [-0.4, -0.2) is 66.9 Å². The van der Waals surface area contributed by atoms with Crippen LogP contribution in [0.3, 0.4) is 0 Å². The fourth-order valence-electron chi connectivity index (χ4n) is 5.52. The van der Waals surface area contributed by atoms with E-state index in [4.69, 9.17) is 14.2 Å². The molecule has 0 atom stereocenters. The summed E-state index contributed by atoms with van der Waals surface area (Å²) >= 11 is 0. The van der Waals surface area contributed by atoms with Gasteiger partial charge >= 0.3 is 0 Å². The van der Waals surface area contributed by atoms with Crippen molar-refractivity contribution < 1.29 is 23.4 Å². The molecule has 2 aliphatic rings. The average molecular weight is 624 g/mol. The molecule has 238 valence electrons. The second kappa shape index (κ2) is 13.2. The van der Waals surface area contributed by atoms with Crippen LogP contribution >= 0.6 is 0 Å². The Morgan fingerprint density at radius 3 is 2.65 bits per heavy atom. The number of ether oxygens (including phenoxy) is 3. The van der Waals surface area contributed by atoms with Crippen LogP contribution in [0.25, 0.3) is 10.9 Å². The maximum Gasteiger partial charge on any atom is 0.257 e. The number of carbonyl (C=O) groups excluding carboxylic acids is 1. The van der Waals surface area contributed by atoms with Crippen molar-refractivity contribution in [1.29, 1.82) is 0 Å². The Hall–Kier alpha value is -4.93. The van der Waals surface area contributed by atoms with Crippen LogP contribution in [0.1, 0.15) is 19.8 Å². The molecule has 1 saturated heterocycles. The molecule has 10 heteroatoms. The molecule has 0 unspecified atom stereocenters. The summed E-state index contributed by atoms with van der Waals surface area (Å²) in [5.74, 6) is 0.137. The molecule has 2 heterocycles. The van der Waals surface area contributed by atoms with Crippen LogP contribution in [0.15, 0.2) is 103 Å². The van der Waals surface area contributed by atoms with Crippen molar-refractivity contribution >= 4 is 28.2 Å².